The van der Waals surface area contributed by atoms with Gasteiger partial charge in [-0.2, -0.15) is 0 Å². The van der Waals surface area contributed by atoms with E-state index in [2.05, 4.69) is 5.32 Å². The van der Waals surface area contributed by atoms with Gasteiger partial charge >= 0.3 is 34.1 Å². The van der Waals surface area contributed by atoms with Crippen molar-refractivity contribution in [3.63, 3.8) is 0 Å². The van der Waals surface area contributed by atoms with Crippen LogP contribution in [-0.2, 0) is 50.1 Å². The van der Waals surface area contributed by atoms with E-state index in [1.165, 1.54) is 13.8 Å². The molecule has 0 spiro atoms. The van der Waals surface area contributed by atoms with Crippen molar-refractivity contribution in [2.24, 2.45) is 0 Å². The summed E-state index contributed by atoms with van der Waals surface area (Å²) in [7, 11) is 0. The molecule has 1 aromatic carbocycles. The predicted octanol–water partition coefficient (Wildman–Crippen LogP) is 0.904. The van der Waals surface area contributed by atoms with E-state index in [9.17, 15) is 24.9 Å². The molecule has 3 rings (SSSR count). The zero-order valence-electron chi connectivity index (χ0n) is 18.3. The van der Waals surface area contributed by atoms with Crippen LogP contribution < -0.4 is 15.5 Å². The number of carbonyl (C=O) groups excluding carboxylic acids is 2. The maximum Gasteiger partial charge on any atom is 2.00 e. The van der Waals surface area contributed by atoms with E-state index in [1.54, 1.807) is 24.3 Å². The van der Waals surface area contributed by atoms with Gasteiger partial charge in [0.2, 0.25) is 0 Å². The number of hydrogen-bond donors (Lipinski definition) is 2. The minimum Gasteiger partial charge on any atom is -0.876 e. The van der Waals surface area contributed by atoms with Gasteiger partial charge in [-0.15, -0.1) is 5.76 Å². The number of aromatic hydroxyl groups is 1. The zero-order chi connectivity index (χ0) is 23.1. The van der Waals surface area contributed by atoms with Crippen LogP contribution in [-0.4, -0.2) is 29.4 Å². The maximum absolute atomic E-state index is 11.1. The molecule has 2 aliphatic rings. The number of allylic oxidation sites excluding steroid dienone is 2. The third kappa shape index (κ3) is 17.8. The SMILES string of the molecule is CC(=O)/C=C(/C)[O-].O=C([O-])[C@H](Cc1ccc(O)cc1)NC[C]1[CH][CH][CH][CH]1.[CH]1[CH][CH][CH][CH]1.[Cu+2].[Fe+2]. The molecule has 179 valence electrons. The molecule has 0 aliphatic heterocycles. The van der Waals surface area contributed by atoms with Crippen LogP contribution in [0.25, 0.3) is 0 Å². The molecule has 0 saturated heterocycles. The van der Waals surface area contributed by atoms with Crippen molar-refractivity contribution in [3.05, 3.63) is 105 Å². The Morgan fingerprint density at radius 3 is 1.79 bits per heavy atom. The van der Waals surface area contributed by atoms with Gasteiger partial charge in [0, 0.05) is 6.54 Å². The minimum absolute atomic E-state index is 0. The summed E-state index contributed by atoms with van der Waals surface area (Å²) in [4.78, 5) is 21.1. The summed E-state index contributed by atoms with van der Waals surface area (Å²) in [6.07, 6.45) is 19.1. The summed E-state index contributed by atoms with van der Waals surface area (Å²) >= 11 is 0. The second kappa shape index (κ2) is 20.1. The number of benzene rings is 1. The van der Waals surface area contributed by atoms with Gasteiger partial charge in [0.15, 0.2) is 5.78 Å². The molecule has 0 bridgehead atoms. The van der Waals surface area contributed by atoms with Crippen molar-refractivity contribution in [3.8, 4) is 5.75 Å². The summed E-state index contributed by atoms with van der Waals surface area (Å²) in [5, 5.41) is 33.2. The Balaban J connectivity index is 0. The van der Waals surface area contributed by atoms with Gasteiger partial charge in [0.1, 0.15) is 5.75 Å². The fourth-order valence-corrected chi connectivity index (χ4v) is 2.49. The van der Waals surface area contributed by atoms with Gasteiger partial charge in [0.25, 0.3) is 0 Å². The Bertz CT molecular complexity index is 675. The van der Waals surface area contributed by atoms with Gasteiger partial charge in [0.05, 0.1) is 12.0 Å². The van der Waals surface area contributed by atoms with Crippen LogP contribution in [0, 0.1) is 63.7 Å². The Labute approximate surface area is 219 Å². The topological polar surface area (TPSA) is 113 Å². The van der Waals surface area contributed by atoms with Crippen LogP contribution in [0.15, 0.2) is 36.1 Å². The number of carboxylic acids is 1. The summed E-state index contributed by atoms with van der Waals surface area (Å²) < 4.78 is 0. The summed E-state index contributed by atoms with van der Waals surface area (Å²) in [5.74, 6) is -0.296. The van der Waals surface area contributed by atoms with Crippen LogP contribution in [0.4, 0.5) is 0 Å². The van der Waals surface area contributed by atoms with E-state index >= 15 is 0 Å². The first-order chi connectivity index (χ1) is 14.8. The van der Waals surface area contributed by atoms with Crippen LogP contribution in [0.3, 0.4) is 0 Å². The predicted molar refractivity (Wildman–Crippen MR) is 115 cm³/mol. The average Bonchev–Trinajstić information content (AvgIpc) is 3.42. The number of hydrogen-bond acceptors (Lipinski definition) is 6. The van der Waals surface area contributed by atoms with Crippen LogP contribution in [0.2, 0.25) is 0 Å². The molecule has 6 nitrogen and oxygen atoms in total. The number of carboxylic acid groups (broad SMARTS) is 1. The van der Waals surface area contributed by atoms with Gasteiger partial charge in [-0.05, 0) is 101 Å². The fourth-order valence-electron chi connectivity index (χ4n) is 2.49. The molecular formula is C25H27CuFeNO5+2. The molecule has 0 unspecified atom stereocenters. The van der Waals surface area contributed by atoms with Crippen molar-refractivity contribution in [2.45, 2.75) is 26.3 Å². The summed E-state index contributed by atoms with van der Waals surface area (Å²) in [6, 6.07) is 5.74. The van der Waals surface area contributed by atoms with Crippen LogP contribution >= 0.6 is 0 Å². The van der Waals surface area contributed by atoms with Crippen LogP contribution in [0.1, 0.15) is 19.4 Å². The standard InChI is InChI=1S/C15H16NO3.C5H8O2.C5H5.Cu.Fe/c17-13-7-5-11(6-8-13)9-14(15(18)19)16-10-12-3-1-2-4-12;1-4(6)3-5(2)7;1-2-4-5-3-1;;/h1-8,14,16-17H,9-10H2,(H,18,19);3,6H,1-2H3;1-5H;;/q;;;2*+2/p-2/b;4-3-;;;/t14-;;;;/m0..../s1. The van der Waals surface area contributed by atoms with E-state index < -0.39 is 12.0 Å². The van der Waals surface area contributed by atoms with E-state index in [1.807, 2.05) is 57.8 Å². The smallest absolute Gasteiger partial charge is 0.876 e. The number of aliphatic carboxylic acids is 1. The van der Waals surface area contributed by atoms with E-state index in [-0.39, 0.29) is 51.4 Å². The van der Waals surface area contributed by atoms with Gasteiger partial charge in [-0.3, -0.25) is 4.79 Å². The number of rotatable bonds is 7. The quantitative estimate of drug-likeness (QED) is 0.302. The second-order valence-corrected chi connectivity index (χ2v) is 6.74. The Morgan fingerprint density at radius 1 is 0.939 bits per heavy atom. The number of ketones is 1. The third-order valence-electron chi connectivity index (χ3n) is 3.91. The Morgan fingerprint density at radius 2 is 1.42 bits per heavy atom. The summed E-state index contributed by atoms with van der Waals surface area (Å²) in [6.45, 7) is 3.19. The molecule has 2 fully saturated rings. The van der Waals surface area contributed by atoms with Crippen molar-refractivity contribution in [1.29, 1.82) is 0 Å². The molecular weight excluding hydrogens is 514 g/mol. The maximum atomic E-state index is 11.1. The second-order valence-electron chi connectivity index (χ2n) is 6.74. The number of nitrogens with one attached hydrogen (secondary N) is 1. The molecule has 0 heterocycles. The van der Waals surface area contributed by atoms with Gasteiger partial charge in [-0.25, -0.2) is 0 Å². The molecule has 0 aromatic heterocycles. The first-order valence-corrected chi connectivity index (χ1v) is 9.73. The normalized spacial score (nSPS) is 16.1. The van der Waals surface area contributed by atoms with Crippen molar-refractivity contribution in [2.75, 3.05) is 6.54 Å². The fraction of sp³-hybridized carbons (Fsp3) is 0.200. The number of phenols is 1. The average molecular weight is 541 g/mol. The van der Waals surface area contributed by atoms with Crippen molar-refractivity contribution in [1.82, 2.24) is 5.32 Å². The van der Waals surface area contributed by atoms with Crippen molar-refractivity contribution >= 4 is 11.8 Å². The molecule has 2 saturated carbocycles. The molecule has 1 aromatic rings. The summed E-state index contributed by atoms with van der Waals surface area (Å²) in [5.41, 5.74) is 0.835. The molecule has 33 heavy (non-hydrogen) atoms. The monoisotopic (exact) mass is 540 g/mol. The van der Waals surface area contributed by atoms with E-state index in [0.717, 1.165) is 17.6 Å². The zero-order valence-corrected chi connectivity index (χ0v) is 20.4. The Kier molecular flexibility index (Phi) is 20.6. The third-order valence-corrected chi connectivity index (χ3v) is 3.91. The molecule has 8 heteroatoms. The van der Waals surface area contributed by atoms with E-state index in [0.29, 0.717) is 13.0 Å². The van der Waals surface area contributed by atoms with E-state index in [4.69, 9.17) is 0 Å². The first kappa shape index (κ1) is 33.9. The largest absolute Gasteiger partial charge is 2.00 e. The van der Waals surface area contributed by atoms with Gasteiger partial charge in [-0.1, -0.05) is 19.1 Å². The van der Waals surface area contributed by atoms with Gasteiger partial charge < -0.3 is 25.4 Å². The number of carbonyl (C=O) groups is 2. The van der Waals surface area contributed by atoms with Crippen molar-refractivity contribution < 1.29 is 59.0 Å². The Hall–Kier alpha value is -1.30. The molecule has 11 radical (unpaired) electrons. The van der Waals surface area contributed by atoms with Crippen LogP contribution in [0.5, 0.6) is 5.75 Å². The molecule has 1 atom stereocenters. The minimum atomic E-state index is -1.13. The first-order valence-electron chi connectivity index (χ1n) is 9.73. The molecule has 0 amide bonds. The molecule has 2 N–H and O–H groups in total. The molecule has 2 aliphatic carbocycles. The number of phenolic OH excluding ortho intramolecular Hbond substituents is 1.